The number of carbonyl (C=O) groups excluding carboxylic acids is 2. The molecule has 0 fully saturated rings. The number of carbonyl (C=O) groups is 2. The van der Waals surface area contributed by atoms with Crippen LogP contribution in [-0.4, -0.2) is 17.7 Å². The van der Waals surface area contributed by atoms with Gasteiger partial charge in [0, 0.05) is 11.0 Å². The molecule has 1 N–H and O–H groups in total. The molecule has 5 heteroatoms. The monoisotopic (exact) mass is 400 g/mol. The zero-order valence-corrected chi connectivity index (χ0v) is 17.1. The summed E-state index contributed by atoms with van der Waals surface area (Å²) < 4.78 is 6.52. The van der Waals surface area contributed by atoms with E-state index >= 15 is 0 Å². The molecule has 0 saturated heterocycles. The predicted molar refractivity (Wildman–Crippen MR) is 114 cm³/mol. The van der Waals surface area contributed by atoms with Gasteiger partial charge in [0.2, 0.25) is 5.91 Å². The third-order valence-corrected chi connectivity index (χ3v) is 6.44. The van der Waals surface area contributed by atoms with E-state index in [4.69, 9.17) is 9.73 Å². The van der Waals surface area contributed by atoms with E-state index in [0.29, 0.717) is 24.3 Å². The highest BCUT2D eigenvalue weighted by molar-refractivity contribution is 6.11. The minimum atomic E-state index is -0.741. The van der Waals surface area contributed by atoms with Gasteiger partial charge in [-0.1, -0.05) is 73.7 Å². The fourth-order valence-electron chi connectivity index (χ4n) is 5.05. The summed E-state index contributed by atoms with van der Waals surface area (Å²) in [6, 6.07) is 20.1. The maximum atomic E-state index is 12.6. The van der Waals surface area contributed by atoms with Crippen LogP contribution in [0, 0.1) is 10.8 Å². The van der Waals surface area contributed by atoms with Gasteiger partial charge in [-0.25, -0.2) is 4.99 Å². The van der Waals surface area contributed by atoms with E-state index in [0.717, 1.165) is 11.1 Å². The first-order valence-electron chi connectivity index (χ1n) is 10.3. The molecule has 5 nitrogen and oxygen atoms in total. The van der Waals surface area contributed by atoms with E-state index in [1.807, 2.05) is 49.4 Å². The van der Waals surface area contributed by atoms with Gasteiger partial charge in [0.25, 0.3) is 5.91 Å². The van der Waals surface area contributed by atoms with Crippen molar-refractivity contribution in [2.24, 2.45) is 15.8 Å². The average Bonchev–Trinajstić information content (AvgIpc) is 3.20. The summed E-state index contributed by atoms with van der Waals surface area (Å²) >= 11 is 0. The highest BCUT2D eigenvalue weighted by Gasteiger charge is 2.53. The molecule has 3 aliphatic rings. The number of ether oxygens (including phenoxy) is 1. The van der Waals surface area contributed by atoms with Gasteiger partial charge in [-0.2, -0.15) is 0 Å². The molecule has 2 unspecified atom stereocenters. The number of hydrogen-bond donors (Lipinski definition) is 1. The summed E-state index contributed by atoms with van der Waals surface area (Å²) in [7, 11) is 0. The molecule has 0 radical (unpaired) electrons. The van der Waals surface area contributed by atoms with Crippen LogP contribution in [0.25, 0.3) is 0 Å². The first-order chi connectivity index (χ1) is 14.4. The Balaban J connectivity index is 1.55. The summed E-state index contributed by atoms with van der Waals surface area (Å²) in [6.45, 7) is 3.93. The number of amides is 2. The van der Waals surface area contributed by atoms with Crippen molar-refractivity contribution in [1.29, 1.82) is 0 Å². The molecule has 0 saturated carbocycles. The van der Waals surface area contributed by atoms with Crippen molar-refractivity contribution in [3.63, 3.8) is 0 Å². The Bertz CT molecular complexity index is 1080. The van der Waals surface area contributed by atoms with E-state index < -0.39 is 10.8 Å². The second-order valence-corrected chi connectivity index (χ2v) is 9.02. The van der Waals surface area contributed by atoms with Crippen molar-refractivity contribution in [3.05, 3.63) is 83.4 Å². The standard InChI is InChI=1S/C25H24N2O3/c1-24-13-18(21(28)27-22(24)29)14-25(2,15-24)23-26-19(16-9-5-3-6-10-16)20(30-23)17-11-7-4-8-12-17/h3-13,19-20H,14-15H2,1-2H3,(H,27,28,29)/t19-,20-,24?,25?/m0/s1. The van der Waals surface area contributed by atoms with Crippen molar-refractivity contribution in [3.8, 4) is 0 Å². The van der Waals surface area contributed by atoms with Gasteiger partial charge in [-0.3, -0.25) is 14.9 Å². The summed E-state index contributed by atoms with van der Waals surface area (Å²) in [5.41, 5.74) is 1.51. The second kappa shape index (κ2) is 6.66. The molecule has 2 aromatic carbocycles. The Hall–Kier alpha value is -3.21. The van der Waals surface area contributed by atoms with Crippen molar-refractivity contribution in [2.45, 2.75) is 38.8 Å². The highest BCUT2D eigenvalue weighted by Crippen LogP contribution is 2.52. The molecule has 0 spiro atoms. The van der Waals surface area contributed by atoms with Gasteiger partial charge in [0.05, 0.1) is 5.41 Å². The zero-order chi connectivity index (χ0) is 20.9. The molecule has 2 heterocycles. The van der Waals surface area contributed by atoms with Gasteiger partial charge in [0.15, 0.2) is 12.0 Å². The van der Waals surface area contributed by atoms with Gasteiger partial charge in [-0.15, -0.1) is 0 Å². The van der Waals surface area contributed by atoms with Crippen LogP contribution in [0.5, 0.6) is 0 Å². The minimum Gasteiger partial charge on any atom is -0.470 e. The molecule has 2 aromatic rings. The van der Waals surface area contributed by atoms with Gasteiger partial charge in [-0.05, 0) is 30.9 Å². The van der Waals surface area contributed by atoms with Crippen LogP contribution in [0.15, 0.2) is 77.3 Å². The van der Waals surface area contributed by atoms with Gasteiger partial charge in [0.1, 0.15) is 6.04 Å². The highest BCUT2D eigenvalue weighted by atomic mass is 16.5. The van der Waals surface area contributed by atoms with Crippen LogP contribution in [-0.2, 0) is 14.3 Å². The molecule has 0 aromatic heterocycles. The van der Waals surface area contributed by atoms with E-state index in [9.17, 15) is 9.59 Å². The summed E-state index contributed by atoms with van der Waals surface area (Å²) in [6.07, 6.45) is 2.64. The molecular formula is C25H24N2O3. The molecule has 2 aliphatic heterocycles. The molecule has 5 rings (SSSR count). The fourth-order valence-corrected chi connectivity index (χ4v) is 5.05. The molecule has 2 bridgehead atoms. The van der Waals surface area contributed by atoms with Crippen LogP contribution in [0.4, 0.5) is 0 Å². The van der Waals surface area contributed by atoms with Crippen LogP contribution in [0.3, 0.4) is 0 Å². The number of rotatable bonds is 3. The molecule has 1 aliphatic carbocycles. The van der Waals surface area contributed by atoms with Crippen molar-refractivity contribution in [2.75, 3.05) is 0 Å². The lowest BCUT2D eigenvalue weighted by Gasteiger charge is -2.43. The third kappa shape index (κ3) is 2.96. The van der Waals surface area contributed by atoms with Crippen LogP contribution >= 0.6 is 0 Å². The van der Waals surface area contributed by atoms with Crippen LogP contribution in [0.1, 0.15) is 50.0 Å². The first-order valence-corrected chi connectivity index (χ1v) is 10.3. The predicted octanol–water partition coefficient (Wildman–Crippen LogP) is 4.29. The molecule has 30 heavy (non-hydrogen) atoms. The van der Waals surface area contributed by atoms with E-state index in [-0.39, 0.29) is 24.0 Å². The minimum absolute atomic E-state index is 0.173. The number of nitrogens with one attached hydrogen (secondary N) is 1. The Labute approximate surface area is 175 Å². The summed E-state index contributed by atoms with van der Waals surface area (Å²) in [4.78, 5) is 29.9. The molecule has 4 atom stereocenters. The lowest BCUT2D eigenvalue weighted by Crippen LogP contribution is -2.53. The van der Waals surface area contributed by atoms with Crippen LogP contribution in [0.2, 0.25) is 0 Å². The van der Waals surface area contributed by atoms with Crippen LogP contribution < -0.4 is 5.32 Å². The Morgan fingerprint density at radius 3 is 2.27 bits per heavy atom. The Kier molecular flexibility index (Phi) is 4.17. The quantitative estimate of drug-likeness (QED) is 0.782. The number of aliphatic imine (C=N–C) groups is 1. The number of hydrogen-bond acceptors (Lipinski definition) is 4. The smallest absolute Gasteiger partial charge is 0.253 e. The van der Waals surface area contributed by atoms with E-state index in [1.165, 1.54) is 0 Å². The number of nitrogens with zero attached hydrogens (tertiary/aromatic N) is 1. The summed E-state index contributed by atoms with van der Waals surface area (Å²) in [5.74, 6) is 0.0748. The topological polar surface area (TPSA) is 67.8 Å². The van der Waals surface area contributed by atoms with Gasteiger partial charge >= 0.3 is 0 Å². The molecule has 2 amide bonds. The lowest BCUT2D eigenvalue weighted by molar-refractivity contribution is -0.137. The second-order valence-electron chi connectivity index (χ2n) is 9.02. The van der Waals surface area contributed by atoms with E-state index in [1.54, 1.807) is 0 Å². The number of benzene rings is 2. The zero-order valence-electron chi connectivity index (χ0n) is 17.1. The fraction of sp³-hybridized carbons (Fsp3) is 0.320. The maximum Gasteiger partial charge on any atom is 0.253 e. The lowest BCUT2D eigenvalue weighted by atomic mass is 9.62. The molecular weight excluding hydrogens is 376 g/mol. The van der Waals surface area contributed by atoms with E-state index in [2.05, 4.69) is 36.5 Å². The third-order valence-electron chi connectivity index (χ3n) is 6.44. The summed E-state index contributed by atoms with van der Waals surface area (Å²) in [5, 5.41) is 2.49. The SMILES string of the molecule is CC12C=C(CC(C)(C3=N[C@@H](c4ccccc4)[C@H](c4ccccc4)O3)C1)C(=O)NC2=O. The number of imide groups is 1. The number of fused-ring (bicyclic) bond motifs is 1. The Morgan fingerprint density at radius 1 is 0.967 bits per heavy atom. The van der Waals surface area contributed by atoms with Crippen molar-refractivity contribution >= 4 is 17.7 Å². The maximum absolute atomic E-state index is 12.6. The largest absolute Gasteiger partial charge is 0.470 e. The normalized spacial score (nSPS) is 32.7. The Morgan fingerprint density at radius 2 is 1.60 bits per heavy atom. The first kappa shape index (κ1) is 18.8. The molecule has 152 valence electrons. The average molecular weight is 400 g/mol. The van der Waals surface area contributed by atoms with Crippen molar-refractivity contribution < 1.29 is 14.3 Å². The van der Waals surface area contributed by atoms with Gasteiger partial charge < -0.3 is 4.74 Å². The van der Waals surface area contributed by atoms with Crippen molar-refractivity contribution in [1.82, 2.24) is 5.32 Å².